The lowest BCUT2D eigenvalue weighted by Crippen LogP contribution is -2.33. The summed E-state index contributed by atoms with van der Waals surface area (Å²) in [5, 5.41) is 44.7. The predicted molar refractivity (Wildman–Crippen MR) is 180 cm³/mol. The van der Waals surface area contributed by atoms with Crippen LogP contribution in [-0.2, 0) is 45.4 Å². The van der Waals surface area contributed by atoms with Gasteiger partial charge in [-0.25, -0.2) is 23.4 Å². The molecule has 56 heavy (non-hydrogen) atoms. The fourth-order valence-corrected chi connectivity index (χ4v) is 12.0. The van der Waals surface area contributed by atoms with Crippen LogP contribution in [0.4, 0.5) is 11.9 Å². The van der Waals surface area contributed by atoms with E-state index in [1.54, 1.807) is 0 Å². The maximum absolute atomic E-state index is 12.7. The third-order valence-corrected chi connectivity index (χ3v) is 15.4. The number of H-pyrrole nitrogens is 2. The number of nitrogens with two attached hydrogens (primary N) is 1. The number of hydrogen-bond acceptors (Lipinski definition) is 22. The molecule has 0 amide bonds. The molecule has 4 unspecified atom stereocenters. The molecule has 0 bridgehead atoms. The Morgan fingerprint density at radius 2 is 1.25 bits per heavy atom. The number of nitrogens with one attached hydrogen (secondary N) is 3. The molecule has 34 heteroatoms. The molecule has 6 heterocycles. The Labute approximate surface area is 309 Å². The monoisotopic (exact) mass is 880 g/mol. The summed E-state index contributed by atoms with van der Waals surface area (Å²) < 4.78 is 80.5. The van der Waals surface area contributed by atoms with Gasteiger partial charge in [0.05, 0.1) is 25.9 Å². The smallest absolute Gasteiger partial charge is 0.387 e. The highest BCUT2D eigenvalue weighted by Gasteiger charge is 2.49. The van der Waals surface area contributed by atoms with Crippen LogP contribution >= 0.6 is 30.8 Å². The molecule has 310 valence electrons. The highest BCUT2D eigenvalue weighted by molar-refractivity contribution is 7.75. The highest BCUT2D eigenvalue weighted by atomic mass is 31.3. The average molecular weight is 880 g/mol. The zero-order chi connectivity index (χ0) is 41.1. The van der Waals surface area contributed by atoms with Crippen LogP contribution in [0.3, 0.4) is 0 Å². The van der Waals surface area contributed by atoms with Gasteiger partial charge in [-0.05, 0) is 0 Å². The summed E-state index contributed by atoms with van der Waals surface area (Å²) in [7, 11) is -21.5. The van der Waals surface area contributed by atoms with E-state index in [9.17, 15) is 67.8 Å². The number of anilines is 2. The van der Waals surface area contributed by atoms with Gasteiger partial charge in [0.1, 0.15) is 36.6 Å². The maximum atomic E-state index is 12.7. The van der Waals surface area contributed by atoms with Crippen molar-refractivity contribution in [2.24, 2.45) is 0 Å². The second-order valence-corrected chi connectivity index (χ2v) is 19.3. The molecule has 0 saturated carbocycles. The Bertz CT molecular complexity index is 2440. The number of imidazole rings is 2. The Morgan fingerprint density at radius 1 is 0.750 bits per heavy atom. The summed E-state index contributed by atoms with van der Waals surface area (Å²) in [5.74, 6) is -2.24. The molecule has 0 radical (unpaired) electrons. The summed E-state index contributed by atoms with van der Waals surface area (Å²) in [6, 6.07) is 0. The molecule has 0 aliphatic carbocycles. The quantitative estimate of drug-likeness (QED) is 0.0521. The fourth-order valence-electron chi connectivity index (χ4n) is 5.53. The molecule has 2 aliphatic heterocycles. The van der Waals surface area contributed by atoms with Crippen LogP contribution in [0.1, 0.15) is 12.5 Å². The number of aromatic nitrogens is 8. The number of aromatic amines is 2. The number of ether oxygens (including phenoxy) is 2. The van der Waals surface area contributed by atoms with Gasteiger partial charge in [0, 0.05) is 7.05 Å². The first-order chi connectivity index (χ1) is 26.0. The standard InChI is InChI=1S/C22H32N10O20P4/c1-24-22-28-16-10(18(38)30-22)26-5-32(16)20-13(35)11(33)7(49-20)2-47-53(39,40)6-54(41,42)51-56(45,46)52-55(43,44)48-3-8-12(34)14(36)19(50-8)31-4-25-9-15(31)27-21(23)29-17(9)37/h4-5,7-8,11-14,19-20,33-36H,2-3,6H2,1H3,(H,39,40)(H,41,42)(H,43,44)(H,45,46)(H3,23,27,29,37)(H2,24,28,30,38)/t7-,8-,11-,12-,13-,14-,19-,20-/m1/s1. The van der Waals surface area contributed by atoms with Crippen LogP contribution in [0.5, 0.6) is 0 Å². The first-order valence-corrected chi connectivity index (χ1v) is 21.9. The van der Waals surface area contributed by atoms with Gasteiger partial charge in [-0.2, -0.15) is 14.3 Å². The van der Waals surface area contributed by atoms with Crippen LogP contribution in [0.25, 0.3) is 22.3 Å². The van der Waals surface area contributed by atoms with Crippen molar-refractivity contribution in [3.8, 4) is 0 Å². The third kappa shape index (κ3) is 8.87. The van der Waals surface area contributed by atoms with Crippen molar-refractivity contribution in [1.82, 2.24) is 39.0 Å². The number of phosphoric acid groups is 2. The van der Waals surface area contributed by atoms with Gasteiger partial charge in [-0.1, -0.05) is 0 Å². The predicted octanol–water partition coefficient (Wildman–Crippen LogP) is -3.29. The fraction of sp³-hybridized carbons (Fsp3) is 0.545. The van der Waals surface area contributed by atoms with E-state index < -0.39 is 110 Å². The zero-order valence-corrected chi connectivity index (χ0v) is 31.5. The minimum atomic E-state index is -6.12. The molecule has 2 saturated heterocycles. The number of rotatable bonds is 15. The number of fused-ring (bicyclic) bond motifs is 2. The number of phosphoric ester groups is 1. The zero-order valence-electron chi connectivity index (χ0n) is 27.9. The minimum Gasteiger partial charge on any atom is -0.387 e. The van der Waals surface area contributed by atoms with Crippen LogP contribution < -0.4 is 22.2 Å². The van der Waals surface area contributed by atoms with Gasteiger partial charge >= 0.3 is 30.8 Å². The maximum Gasteiger partial charge on any atom is 0.488 e. The van der Waals surface area contributed by atoms with E-state index in [0.29, 0.717) is 0 Å². The van der Waals surface area contributed by atoms with E-state index >= 15 is 0 Å². The molecule has 12 atom stereocenters. The van der Waals surface area contributed by atoms with Crippen molar-refractivity contribution in [2.75, 3.05) is 37.2 Å². The Morgan fingerprint density at radius 3 is 1.79 bits per heavy atom. The van der Waals surface area contributed by atoms with Crippen molar-refractivity contribution in [3.05, 3.63) is 33.4 Å². The molecule has 0 aromatic carbocycles. The van der Waals surface area contributed by atoms with Crippen molar-refractivity contribution in [1.29, 1.82) is 0 Å². The van der Waals surface area contributed by atoms with Crippen molar-refractivity contribution < 1.29 is 85.4 Å². The summed E-state index contributed by atoms with van der Waals surface area (Å²) in [6.07, 6.45) is -11.4. The van der Waals surface area contributed by atoms with Crippen molar-refractivity contribution in [2.45, 2.75) is 49.1 Å². The lowest BCUT2D eigenvalue weighted by molar-refractivity contribution is -0.0503. The van der Waals surface area contributed by atoms with E-state index in [2.05, 4.69) is 48.4 Å². The van der Waals surface area contributed by atoms with Gasteiger partial charge in [0.2, 0.25) is 11.9 Å². The molecular formula is C22H32N10O20P4. The molecule has 30 nitrogen and oxygen atoms in total. The van der Waals surface area contributed by atoms with E-state index in [1.165, 1.54) is 7.05 Å². The van der Waals surface area contributed by atoms with Crippen molar-refractivity contribution >= 4 is 65.1 Å². The molecular weight excluding hydrogens is 848 g/mol. The Kier molecular flexibility index (Phi) is 11.7. The van der Waals surface area contributed by atoms with Gasteiger partial charge in [0.15, 0.2) is 40.7 Å². The average Bonchev–Trinajstić information content (AvgIpc) is 3.83. The molecule has 0 spiro atoms. The number of aliphatic hydroxyl groups is 4. The van der Waals surface area contributed by atoms with Gasteiger partial charge in [0.25, 0.3) is 11.1 Å². The van der Waals surface area contributed by atoms with E-state index in [-0.39, 0.29) is 34.2 Å². The lowest BCUT2D eigenvalue weighted by Gasteiger charge is -2.22. The largest absolute Gasteiger partial charge is 0.488 e. The van der Waals surface area contributed by atoms with Gasteiger partial charge in [-0.15, -0.1) is 0 Å². The minimum absolute atomic E-state index is 0.0147. The number of nitrogens with zero attached hydrogens (tertiary/aromatic N) is 6. The van der Waals surface area contributed by atoms with Crippen LogP contribution in [0.15, 0.2) is 22.2 Å². The second-order valence-electron chi connectivity index (χ2n) is 12.0. The van der Waals surface area contributed by atoms with E-state index in [1.807, 2.05) is 0 Å². The SMILES string of the molecule is CNc1nc2c(ncn2[C@@H]2O[C@H](COP(=O)(O)CP(=O)(O)OP(=O)(O)OP(=O)(O)OC[C@H]3O[C@@H](n4cnc5c(=O)[nH]c(N)nc54)[C@H](O)[C@@H]3O)[C@@H](O)[C@H]2O)c(=O)[nH]1. The Hall–Kier alpha value is -3.34. The van der Waals surface area contributed by atoms with Gasteiger partial charge in [-0.3, -0.25) is 42.3 Å². The number of aliphatic hydroxyl groups excluding tert-OH is 4. The number of hydrogen-bond donors (Lipinski definition) is 12. The van der Waals surface area contributed by atoms with Crippen molar-refractivity contribution in [3.63, 3.8) is 0 Å². The topological polar surface area (TPSA) is 451 Å². The van der Waals surface area contributed by atoms with Gasteiger partial charge < -0.3 is 65.0 Å². The third-order valence-electron chi connectivity index (χ3n) is 7.98. The second kappa shape index (κ2) is 15.4. The summed E-state index contributed by atoms with van der Waals surface area (Å²) in [5.41, 5.74) is 3.48. The molecule has 13 N–H and O–H groups in total. The van der Waals surface area contributed by atoms with Crippen LogP contribution in [0.2, 0.25) is 0 Å². The normalized spacial score (nSPS) is 29.9. The molecule has 2 fully saturated rings. The molecule has 4 aromatic heterocycles. The summed E-state index contributed by atoms with van der Waals surface area (Å²) in [4.78, 5) is 84.9. The lowest BCUT2D eigenvalue weighted by atomic mass is 10.1. The molecule has 6 rings (SSSR count). The first-order valence-electron chi connectivity index (χ1n) is 15.4. The summed E-state index contributed by atoms with van der Waals surface area (Å²) in [6.45, 7) is -2.18. The Balaban J connectivity index is 1.02. The van der Waals surface area contributed by atoms with Crippen LogP contribution in [0, 0.1) is 0 Å². The number of nitrogen functional groups attached to an aromatic ring is 1. The first kappa shape index (κ1) is 42.3. The highest BCUT2D eigenvalue weighted by Crippen LogP contribution is 2.70. The molecule has 2 aliphatic rings. The van der Waals surface area contributed by atoms with E-state index in [0.717, 1.165) is 21.8 Å². The molecule has 4 aromatic rings. The van der Waals surface area contributed by atoms with E-state index in [4.69, 9.17) is 19.7 Å². The van der Waals surface area contributed by atoms with Crippen LogP contribution in [-0.4, -0.2) is 142 Å². The summed E-state index contributed by atoms with van der Waals surface area (Å²) >= 11 is 0.